The number of rotatable bonds is 8. The van der Waals surface area contributed by atoms with Gasteiger partial charge in [0.25, 0.3) is 0 Å². The van der Waals surface area contributed by atoms with Crippen LogP contribution in [0.4, 0.5) is 0 Å². The van der Waals surface area contributed by atoms with Crippen LogP contribution in [-0.4, -0.2) is 51.3 Å². The number of carbonyl (C=O) groups is 1. The Balaban J connectivity index is 2.19. The SMILES string of the molecule is CCNC(=NCCOC)NCCC(=O)NC1CCCCC1. The van der Waals surface area contributed by atoms with E-state index in [0.717, 1.165) is 25.3 Å². The molecule has 122 valence electrons. The van der Waals surface area contributed by atoms with Gasteiger partial charge in [-0.25, -0.2) is 0 Å². The number of guanidine groups is 1. The summed E-state index contributed by atoms with van der Waals surface area (Å²) in [5, 5.41) is 9.44. The van der Waals surface area contributed by atoms with E-state index in [2.05, 4.69) is 20.9 Å². The van der Waals surface area contributed by atoms with E-state index in [0.29, 0.717) is 32.2 Å². The number of hydrogen-bond donors (Lipinski definition) is 3. The standard InChI is InChI=1S/C15H30N4O2/c1-3-16-15(18-11-12-21-2)17-10-9-14(20)19-13-7-5-4-6-8-13/h13H,3-12H2,1-2H3,(H,19,20)(H2,16,17,18). The van der Waals surface area contributed by atoms with Crippen molar-refractivity contribution in [2.75, 3.05) is 33.4 Å². The summed E-state index contributed by atoms with van der Waals surface area (Å²) < 4.78 is 4.97. The first-order valence-corrected chi connectivity index (χ1v) is 8.06. The zero-order valence-corrected chi connectivity index (χ0v) is 13.4. The molecule has 0 atom stereocenters. The lowest BCUT2D eigenvalue weighted by molar-refractivity contribution is -0.121. The molecule has 1 fully saturated rings. The van der Waals surface area contributed by atoms with E-state index < -0.39 is 0 Å². The summed E-state index contributed by atoms with van der Waals surface area (Å²) in [6.45, 7) is 4.62. The van der Waals surface area contributed by atoms with E-state index in [1.165, 1.54) is 19.3 Å². The van der Waals surface area contributed by atoms with Crippen molar-refractivity contribution >= 4 is 11.9 Å². The van der Waals surface area contributed by atoms with Crippen molar-refractivity contribution < 1.29 is 9.53 Å². The van der Waals surface area contributed by atoms with Gasteiger partial charge in [-0.05, 0) is 19.8 Å². The molecular weight excluding hydrogens is 268 g/mol. The maximum atomic E-state index is 11.9. The molecule has 21 heavy (non-hydrogen) atoms. The number of nitrogens with one attached hydrogen (secondary N) is 3. The lowest BCUT2D eigenvalue weighted by Gasteiger charge is -2.22. The number of ether oxygens (including phenoxy) is 1. The third-order valence-electron chi connectivity index (χ3n) is 3.52. The molecule has 0 aromatic carbocycles. The number of nitrogens with zero attached hydrogens (tertiary/aromatic N) is 1. The molecule has 1 saturated carbocycles. The second kappa shape index (κ2) is 11.4. The normalized spacial score (nSPS) is 16.6. The van der Waals surface area contributed by atoms with Crippen LogP contribution < -0.4 is 16.0 Å². The summed E-state index contributed by atoms with van der Waals surface area (Å²) in [6.07, 6.45) is 6.50. The van der Waals surface area contributed by atoms with E-state index in [-0.39, 0.29) is 5.91 Å². The third-order valence-corrected chi connectivity index (χ3v) is 3.52. The van der Waals surface area contributed by atoms with Crippen molar-refractivity contribution in [2.24, 2.45) is 4.99 Å². The van der Waals surface area contributed by atoms with Crippen LogP contribution in [0.25, 0.3) is 0 Å². The molecule has 0 bridgehead atoms. The number of methoxy groups -OCH3 is 1. The number of aliphatic imine (C=N–C) groups is 1. The molecule has 0 saturated heterocycles. The van der Waals surface area contributed by atoms with E-state index >= 15 is 0 Å². The first-order valence-electron chi connectivity index (χ1n) is 8.06. The molecule has 0 unspecified atom stereocenters. The summed E-state index contributed by atoms with van der Waals surface area (Å²) in [5.41, 5.74) is 0. The highest BCUT2D eigenvalue weighted by atomic mass is 16.5. The molecule has 0 radical (unpaired) electrons. The molecule has 0 spiro atoms. The fraction of sp³-hybridized carbons (Fsp3) is 0.867. The van der Waals surface area contributed by atoms with Crippen LogP contribution in [0.2, 0.25) is 0 Å². The minimum atomic E-state index is 0.127. The molecule has 1 aliphatic rings. The highest BCUT2D eigenvalue weighted by molar-refractivity contribution is 5.81. The van der Waals surface area contributed by atoms with Crippen molar-refractivity contribution in [1.82, 2.24) is 16.0 Å². The van der Waals surface area contributed by atoms with Crippen molar-refractivity contribution in [2.45, 2.75) is 51.5 Å². The van der Waals surface area contributed by atoms with Gasteiger partial charge in [0.1, 0.15) is 0 Å². The third kappa shape index (κ3) is 8.55. The van der Waals surface area contributed by atoms with Crippen LogP contribution in [0, 0.1) is 0 Å². The average Bonchev–Trinajstić information content (AvgIpc) is 2.48. The van der Waals surface area contributed by atoms with Gasteiger partial charge in [-0.3, -0.25) is 9.79 Å². The van der Waals surface area contributed by atoms with Gasteiger partial charge in [0.2, 0.25) is 5.91 Å². The number of carbonyl (C=O) groups excluding carboxylic acids is 1. The van der Waals surface area contributed by atoms with Crippen LogP contribution in [0.15, 0.2) is 4.99 Å². The predicted molar refractivity (Wildman–Crippen MR) is 85.5 cm³/mol. The molecule has 6 nitrogen and oxygen atoms in total. The lowest BCUT2D eigenvalue weighted by Crippen LogP contribution is -2.41. The Morgan fingerprint density at radius 1 is 1.24 bits per heavy atom. The Labute approximate surface area is 128 Å². The van der Waals surface area contributed by atoms with E-state index in [9.17, 15) is 4.79 Å². The average molecular weight is 298 g/mol. The van der Waals surface area contributed by atoms with Gasteiger partial charge >= 0.3 is 0 Å². The fourth-order valence-corrected chi connectivity index (χ4v) is 2.43. The molecule has 1 rings (SSSR count). The Hall–Kier alpha value is -1.30. The molecule has 1 amide bonds. The van der Waals surface area contributed by atoms with Gasteiger partial charge in [-0.2, -0.15) is 0 Å². The summed E-state index contributed by atoms with van der Waals surface area (Å²) in [4.78, 5) is 16.2. The van der Waals surface area contributed by atoms with Gasteiger partial charge in [0.05, 0.1) is 13.2 Å². The Morgan fingerprint density at radius 3 is 2.67 bits per heavy atom. The fourth-order valence-electron chi connectivity index (χ4n) is 2.43. The van der Waals surface area contributed by atoms with Crippen molar-refractivity contribution in [1.29, 1.82) is 0 Å². The van der Waals surface area contributed by atoms with E-state index in [1.54, 1.807) is 7.11 Å². The molecular formula is C15H30N4O2. The second-order valence-corrected chi connectivity index (χ2v) is 5.33. The number of amides is 1. The molecule has 0 heterocycles. The summed E-state index contributed by atoms with van der Waals surface area (Å²) in [7, 11) is 1.66. The lowest BCUT2D eigenvalue weighted by atomic mass is 9.95. The summed E-state index contributed by atoms with van der Waals surface area (Å²) >= 11 is 0. The summed E-state index contributed by atoms with van der Waals surface area (Å²) in [6, 6.07) is 0.384. The maximum Gasteiger partial charge on any atom is 0.221 e. The van der Waals surface area contributed by atoms with Gasteiger partial charge < -0.3 is 20.7 Å². The van der Waals surface area contributed by atoms with Gasteiger partial charge in [0, 0.05) is 32.7 Å². The molecule has 1 aliphatic carbocycles. The first-order chi connectivity index (χ1) is 10.3. The number of hydrogen-bond acceptors (Lipinski definition) is 3. The van der Waals surface area contributed by atoms with Crippen LogP contribution in [0.5, 0.6) is 0 Å². The van der Waals surface area contributed by atoms with Crippen LogP contribution in [0.3, 0.4) is 0 Å². The first kappa shape index (κ1) is 17.8. The minimum absolute atomic E-state index is 0.127. The van der Waals surface area contributed by atoms with Gasteiger partial charge in [-0.1, -0.05) is 19.3 Å². The smallest absolute Gasteiger partial charge is 0.221 e. The highest BCUT2D eigenvalue weighted by Crippen LogP contribution is 2.17. The minimum Gasteiger partial charge on any atom is -0.383 e. The molecule has 0 aromatic heterocycles. The maximum absolute atomic E-state index is 11.9. The monoisotopic (exact) mass is 298 g/mol. The Morgan fingerprint density at radius 2 is 2.00 bits per heavy atom. The summed E-state index contributed by atoms with van der Waals surface area (Å²) in [5.74, 6) is 0.863. The zero-order chi connectivity index (χ0) is 15.3. The Bertz CT molecular complexity index is 315. The largest absolute Gasteiger partial charge is 0.383 e. The van der Waals surface area contributed by atoms with Crippen LogP contribution >= 0.6 is 0 Å². The second-order valence-electron chi connectivity index (χ2n) is 5.33. The van der Waals surface area contributed by atoms with E-state index in [1.807, 2.05) is 6.92 Å². The molecule has 0 aliphatic heterocycles. The topological polar surface area (TPSA) is 74.8 Å². The molecule has 3 N–H and O–H groups in total. The molecule has 6 heteroatoms. The van der Waals surface area contributed by atoms with Gasteiger partial charge in [-0.15, -0.1) is 0 Å². The zero-order valence-electron chi connectivity index (χ0n) is 13.4. The van der Waals surface area contributed by atoms with Crippen molar-refractivity contribution in [3.05, 3.63) is 0 Å². The Kier molecular flexibility index (Phi) is 9.61. The van der Waals surface area contributed by atoms with Crippen molar-refractivity contribution in [3.63, 3.8) is 0 Å². The molecule has 0 aromatic rings. The van der Waals surface area contributed by atoms with Gasteiger partial charge in [0.15, 0.2) is 5.96 Å². The van der Waals surface area contributed by atoms with Crippen LogP contribution in [-0.2, 0) is 9.53 Å². The quantitative estimate of drug-likeness (QED) is 0.355. The van der Waals surface area contributed by atoms with Crippen LogP contribution in [0.1, 0.15) is 45.4 Å². The van der Waals surface area contributed by atoms with Crippen molar-refractivity contribution in [3.8, 4) is 0 Å². The highest BCUT2D eigenvalue weighted by Gasteiger charge is 2.15. The van der Waals surface area contributed by atoms with E-state index in [4.69, 9.17) is 4.74 Å². The predicted octanol–water partition coefficient (Wildman–Crippen LogP) is 1.03.